The average Bonchev–Trinajstić information content (AvgIpc) is 3.98. The molecule has 1 saturated carbocycles. The fraction of sp³-hybridized carbons (Fsp3) is 0.375. The van der Waals surface area contributed by atoms with E-state index in [1.807, 2.05) is 108 Å². The molecular weight excluding hydrogens is 943 g/mol. The second kappa shape index (κ2) is 20.4. The first-order chi connectivity index (χ1) is 35.4. The van der Waals surface area contributed by atoms with Crippen molar-refractivity contribution < 1.29 is 33.8 Å². The van der Waals surface area contributed by atoms with Gasteiger partial charge >= 0.3 is 5.97 Å². The highest BCUT2D eigenvalue weighted by molar-refractivity contribution is 7.22. The topological polar surface area (TPSA) is 184 Å². The molecule has 376 valence electrons. The fourth-order valence-electron chi connectivity index (χ4n) is 11.2. The number of carboxylic acids is 1. The number of piperidine rings is 1. The van der Waals surface area contributed by atoms with Crippen LogP contribution in [-0.2, 0) is 34.3 Å². The molecule has 0 spiro atoms. The van der Waals surface area contributed by atoms with E-state index in [0.29, 0.717) is 61.0 Å². The molecule has 7 aromatic rings. The van der Waals surface area contributed by atoms with E-state index in [2.05, 4.69) is 38.4 Å². The van der Waals surface area contributed by atoms with Gasteiger partial charge in [-0.3, -0.25) is 34.6 Å². The average molecular weight is 1000 g/mol. The summed E-state index contributed by atoms with van der Waals surface area (Å²) in [5.74, 6) is -1.02. The zero-order valence-electron chi connectivity index (χ0n) is 41.3. The first kappa shape index (κ1) is 48.1. The highest BCUT2D eigenvalue weighted by Crippen LogP contribution is 2.38. The van der Waals surface area contributed by atoms with Gasteiger partial charge in [-0.25, -0.2) is 14.8 Å². The van der Waals surface area contributed by atoms with Gasteiger partial charge < -0.3 is 24.4 Å². The van der Waals surface area contributed by atoms with Gasteiger partial charge in [-0.05, 0) is 117 Å². The number of fused-ring (bicyclic) bond motifs is 3. The first-order valence-electron chi connectivity index (χ1n) is 25.4. The molecule has 0 unspecified atom stereocenters. The minimum atomic E-state index is -1.12. The van der Waals surface area contributed by atoms with Crippen LogP contribution in [-0.4, -0.2) is 111 Å². The van der Waals surface area contributed by atoms with Crippen LogP contribution in [0.3, 0.4) is 0 Å². The van der Waals surface area contributed by atoms with Crippen LogP contribution in [0.15, 0.2) is 91.0 Å². The molecule has 16 nitrogen and oxygen atoms in total. The second-order valence-electron chi connectivity index (χ2n) is 19.8. The van der Waals surface area contributed by atoms with Crippen LogP contribution < -0.4 is 25.2 Å². The van der Waals surface area contributed by atoms with Crippen LogP contribution in [0.1, 0.15) is 94.6 Å². The number of benzene rings is 4. The summed E-state index contributed by atoms with van der Waals surface area (Å²) in [5, 5.41) is 22.3. The van der Waals surface area contributed by atoms with Gasteiger partial charge in [-0.15, -0.1) is 0 Å². The number of amides is 3. The van der Waals surface area contributed by atoms with Crippen molar-refractivity contribution in [2.24, 2.45) is 7.05 Å². The number of ether oxygens (including phenoxy) is 2. The lowest BCUT2D eigenvalue weighted by Crippen LogP contribution is -2.51. The van der Waals surface area contributed by atoms with E-state index in [-0.39, 0.29) is 41.7 Å². The van der Waals surface area contributed by atoms with Crippen LogP contribution >= 0.6 is 11.3 Å². The lowest BCUT2D eigenvalue weighted by molar-refractivity contribution is -0.134. The quantitative estimate of drug-likeness (QED) is 0.0936. The molecular formula is C56H59N9O7S. The number of hydrogen-bond acceptors (Lipinski definition) is 13. The van der Waals surface area contributed by atoms with Crippen LogP contribution in [0.2, 0.25) is 0 Å². The molecule has 1 aliphatic carbocycles. The maximum absolute atomic E-state index is 13.7. The molecule has 2 atom stereocenters. The largest absolute Gasteiger partial charge is 0.490 e. The van der Waals surface area contributed by atoms with Crippen molar-refractivity contribution in [3.63, 3.8) is 0 Å². The van der Waals surface area contributed by atoms with Gasteiger partial charge in [0.15, 0.2) is 10.8 Å². The molecule has 3 aliphatic heterocycles. The zero-order chi connectivity index (χ0) is 50.3. The molecule has 73 heavy (non-hydrogen) atoms. The summed E-state index contributed by atoms with van der Waals surface area (Å²) in [7, 11) is 1.93. The lowest BCUT2D eigenvalue weighted by atomic mass is 9.92. The number of pyridine rings is 1. The maximum atomic E-state index is 13.7. The number of thiazole rings is 1. The fourth-order valence-corrected chi connectivity index (χ4v) is 12.1. The third-order valence-corrected chi connectivity index (χ3v) is 16.2. The predicted octanol–water partition coefficient (Wildman–Crippen LogP) is 8.50. The summed E-state index contributed by atoms with van der Waals surface area (Å²) in [5.41, 5.74) is 8.30. The van der Waals surface area contributed by atoms with Crippen molar-refractivity contribution in [2.75, 3.05) is 54.4 Å². The summed E-state index contributed by atoms with van der Waals surface area (Å²) in [6.45, 7) is 9.40. The number of imide groups is 1. The maximum Gasteiger partial charge on any atom is 0.355 e. The monoisotopic (exact) mass is 1000 g/mol. The normalized spacial score (nSPS) is 20.0. The molecule has 17 heteroatoms. The zero-order valence-corrected chi connectivity index (χ0v) is 42.1. The van der Waals surface area contributed by atoms with Gasteiger partial charge in [0.25, 0.3) is 5.91 Å². The Labute approximate surface area is 427 Å². The summed E-state index contributed by atoms with van der Waals surface area (Å²) in [6, 6.07) is 29.5. The Balaban J connectivity index is 0.680. The third kappa shape index (κ3) is 9.76. The van der Waals surface area contributed by atoms with Crippen molar-refractivity contribution >= 4 is 72.8 Å². The molecule has 3 amide bonds. The summed E-state index contributed by atoms with van der Waals surface area (Å²) < 4.78 is 16.1. The molecule has 2 saturated heterocycles. The third-order valence-electron chi connectivity index (χ3n) is 15.2. The van der Waals surface area contributed by atoms with E-state index >= 15 is 0 Å². The van der Waals surface area contributed by atoms with Crippen molar-refractivity contribution in [1.29, 1.82) is 0 Å². The number of nitrogens with one attached hydrogen (secondary N) is 2. The highest BCUT2D eigenvalue weighted by Gasteiger charge is 2.34. The molecule has 3 N–H and O–H groups in total. The van der Waals surface area contributed by atoms with Crippen LogP contribution in [0.5, 0.6) is 5.75 Å². The SMILES string of the molecule is Cc1c(OC2CCC(OC[C@H](C)N3CCN(c4cccc5c([C@@H]6CCC(=O)NC6=O)nn(C)c45)CC3)CC2)cccc1-c1ccc(N2CCc3cccc(C(=O)Nc4nc5ccccc5s4)c3C2)nc1C(=O)O. The van der Waals surface area contributed by atoms with E-state index in [9.17, 15) is 24.3 Å². The van der Waals surface area contributed by atoms with Crippen molar-refractivity contribution in [3.05, 3.63) is 125 Å². The number of aryl methyl sites for hydroxylation is 1. The van der Waals surface area contributed by atoms with Gasteiger partial charge in [0.1, 0.15) is 11.6 Å². The molecule has 11 rings (SSSR count). The van der Waals surface area contributed by atoms with E-state index in [1.54, 1.807) is 0 Å². The molecule has 3 fully saturated rings. The second-order valence-corrected chi connectivity index (χ2v) is 20.8. The molecule has 0 bridgehead atoms. The number of piperazine rings is 1. The molecule has 4 aromatic carbocycles. The summed E-state index contributed by atoms with van der Waals surface area (Å²) in [4.78, 5) is 67.4. The van der Waals surface area contributed by atoms with Crippen LogP contribution in [0.25, 0.3) is 32.2 Å². The standard InChI is InChI=1S/C56H59N9O7S/c1-33(63-27-29-64(30-28-63)45-14-7-12-41-50(61-62(3)52(41)45)42-22-24-49(66)59-54(42)68)32-71-36-17-19-37(20-18-36)72-46-15-8-10-38(34(46)2)39-21-23-48(58-51(39)55(69)70)65-26-25-35-9-6-11-40(43(35)31-65)53(67)60-56-57-44-13-4-5-16-47(44)73-56/h4-16,21,23,33,36-37,42H,17-20,22,24-32H2,1-3H3,(H,69,70)(H,57,60,67)(H,59,66,68)/t33-,36?,37?,42-/m0/s1. The Morgan fingerprint density at radius 3 is 2.41 bits per heavy atom. The summed E-state index contributed by atoms with van der Waals surface area (Å²) in [6.07, 6.45) is 5.13. The van der Waals surface area contributed by atoms with Crippen molar-refractivity contribution in [3.8, 4) is 16.9 Å². The van der Waals surface area contributed by atoms with E-state index in [0.717, 1.165) is 112 Å². The number of carbonyl (C=O) groups is 4. The number of rotatable bonds is 13. The molecule has 6 heterocycles. The van der Waals surface area contributed by atoms with Crippen LogP contribution in [0.4, 0.5) is 16.6 Å². The lowest BCUT2D eigenvalue weighted by Gasteiger charge is -2.40. The highest BCUT2D eigenvalue weighted by atomic mass is 32.1. The number of carboxylic acid groups (broad SMARTS) is 1. The number of nitrogens with zero attached hydrogens (tertiary/aromatic N) is 7. The number of aromatic nitrogens is 4. The van der Waals surface area contributed by atoms with Gasteiger partial charge in [0, 0.05) is 75.3 Å². The van der Waals surface area contributed by atoms with Gasteiger partial charge in [0.2, 0.25) is 11.8 Å². The number of hydrogen-bond donors (Lipinski definition) is 3. The Bertz CT molecular complexity index is 3230. The predicted molar refractivity (Wildman–Crippen MR) is 282 cm³/mol. The number of carbonyl (C=O) groups excluding carboxylic acids is 3. The smallest absolute Gasteiger partial charge is 0.355 e. The van der Waals surface area contributed by atoms with Crippen LogP contribution in [0, 0.1) is 6.92 Å². The van der Waals surface area contributed by atoms with Crippen molar-refractivity contribution in [2.45, 2.75) is 89.5 Å². The van der Waals surface area contributed by atoms with E-state index in [4.69, 9.17) is 19.6 Å². The Hall–Kier alpha value is -7.21. The minimum absolute atomic E-state index is 0.0119. The Morgan fingerprint density at radius 1 is 0.836 bits per heavy atom. The van der Waals surface area contributed by atoms with Gasteiger partial charge in [-0.2, -0.15) is 5.10 Å². The Morgan fingerprint density at radius 2 is 1.62 bits per heavy atom. The van der Waals surface area contributed by atoms with Gasteiger partial charge in [-0.1, -0.05) is 59.9 Å². The van der Waals surface area contributed by atoms with E-state index < -0.39 is 11.9 Å². The van der Waals surface area contributed by atoms with E-state index in [1.165, 1.54) is 11.3 Å². The summed E-state index contributed by atoms with van der Waals surface area (Å²) >= 11 is 1.43. The minimum Gasteiger partial charge on any atom is -0.490 e. The molecule has 4 aliphatic rings. The molecule has 3 aromatic heterocycles. The first-order valence-corrected chi connectivity index (χ1v) is 26.2. The molecule has 0 radical (unpaired) electrons. The number of para-hydroxylation sites is 2. The van der Waals surface area contributed by atoms with Gasteiger partial charge in [0.05, 0.1) is 51.8 Å². The van der Waals surface area contributed by atoms with Crippen molar-refractivity contribution in [1.82, 2.24) is 30.0 Å². The Kier molecular flexibility index (Phi) is 13.4. The number of anilines is 3. The number of aromatic carboxylic acids is 1.